The zero-order valence-electron chi connectivity index (χ0n) is 11.5. The Balaban J connectivity index is 2.60. The molecule has 0 radical (unpaired) electrons. The molecule has 2 rings (SSSR count). The molecule has 2 aromatic rings. The molecule has 2 heterocycles. The Morgan fingerprint density at radius 3 is 2.33 bits per heavy atom. The minimum atomic E-state index is 0.361. The normalized spacial score (nSPS) is 11.2. The van der Waals surface area contributed by atoms with Crippen molar-refractivity contribution < 1.29 is 0 Å². The lowest BCUT2D eigenvalue weighted by atomic mass is 10.1. The van der Waals surface area contributed by atoms with E-state index in [9.17, 15) is 0 Å². The fourth-order valence-corrected chi connectivity index (χ4v) is 1.82. The summed E-state index contributed by atoms with van der Waals surface area (Å²) >= 11 is 0. The molecule has 5 nitrogen and oxygen atoms in total. The summed E-state index contributed by atoms with van der Waals surface area (Å²) in [5.74, 6) is 0.954. The van der Waals surface area contributed by atoms with Gasteiger partial charge >= 0.3 is 0 Å². The molecule has 0 aromatic carbocycles. The molecule has 0 bridgehead atoms. The number of aryl methyl sites for hydroxylation is 2. The number of nitrogens with zero attached hydrogens (tertiary/aromatic N) is 4. The van der Waals surface area contributed by atoms with E-state index in [0.717, 1.165) is 22.8 Å². The second-order valence-electron chi connectivity index (χ2n) is 4.89. The van der Waals surface area contributed by atoms with Crippen molar-refractivity contribution >= 4 is 5.69 Å². The van der Waals surface area contributed by atoms with E-state index in [4.69, 9.17) is 5.73 Å². The van der Waals surface area contributed by atoms with Crippen molar-refractivity contribution in [2.24, 2.45) is 0 Å². The van der Waals surface area contributed by atoms with Crippen LogP contribution in [0.2, 0.25) is 0 Å². The summed E-state index contributed by atoms with van der Waals surface area (Å²) in [5.41, 5.74) is 10.3. The van der Waals surface area contributed by atoms with Gasteiger partial charge in [-0.05, 0) is 32.8 Å². The first-order valence-electron chi connectivity index (χ1n) is 6.07. The molecular weight excluding hydrogens is 226 g/mol. The first-order chi connectivity index (χ1) is 8.40. The maximum atomic E-state index is 5.94. The van der Waals surface area contributed by atoms with E-state index in [-0.39, 0.29) is 0 Å². The minimum absolute atomic E-state index is 0.361. The van der Waals surface area contributed by atoms with Gasteiger partial charge in [-0.25, -0.2) is 14.6 Å². The third-order valence-corrected chi connectivity index (χ3v) is 2.99. The standard InChI is InChI=1S/C13H19N5/c1-7(2)11-6-8(3)15-13(16-11)18-10(5)12(14)9(4)17-18/h6-7H,14H2,1-5H3. The highest BCUT2D eigenvalue weighted by molar-refractivity contribution is 5.48. The molecule has 96 valence electrons. The van der Waals surface area contributed by atoms with Gasteiger partial charge in [0.2, 0.25) is 0 Å². The van der Waals surface area contributed by atoms with E-state index in [1.807, 2.05) is 26.8 Å². The van der Waals surface area contributed by atoms with Crippen LogP contribution in [-0.2, 0) is 0 Å². The molecule has 0 aliphatic rings. The van der Waals surface area contributed by atoms with Gasteiger partial charge in [0.25, 0.3) is 5.95 Å². The molecule has 0 unspecified atom stereocenters. The molecule has 0 aliphatic heterocycles. The SMILES string of the molecule is Cc1cc(C(C)C)nc(-n2nc(C)c(N)c2C)n1. The third kappa shape index (κ3) is 2.08. The van der Waals surface area contributed by atoms with Crippen molar-refractivity contribution in [3.63, 3.8) is 0 Å². The van der Waals surface area contributed by atoms with Crippen LogP contribution in [0.15, 0.2) is 6.07 Å². The number of hydrogen-bond acceptors (Lipinski definition) is 4. The summed E-state index contributed by atoms with van der Waals surface area (Å²) in [4.78, 5) is 8.99. The van der Waals surface area contributed by atoms with E-state index in [2.05, 4.69) is 28.9 Å². The number of rotatable bonds is 2. The smallest absolute Gasteiger partial charge is 0.251 e. The highest BCUT2D eigenvalue weighted by Crippen LogP contribution is 2.19. The molecule has 2 aromatic heterocycles. The molecule has 0 saturated heterocycles. The van der Waals surface area contributed by atoms with Crippen LogP contribution < -0.4 is 5.73 Å². The lowest BCUT2D eigenvalue weighted by Gasteiger charge is -2.09. The van der Waals surface area contributed by atoms with E-state index in [1.54, 1.807) is 4.68 Å². The van der Waals surface area contributed by atoms with E-state index in [1.165, 1.54) is 0 Å². The van der Waals surface area contributed by atoms with Crippen LogP contribution in [0.4, 0.5) is 5.69 Å². The number of nitrogens with two attached hydrogens (primary N) is 1. The minimum Gasteiger partial charge on any atom is -0.396 e. The van der Waals surface area contributed by atoms with Gasteiger partial charge in [0.05, 0.1) is 17.1 Å². The zero-order valence-corrected chi connectivity index (χ0v) is 11.5. The van der Waals surface area contributed by atoms with E-state index < -0.39 is 0 Å². The van der Waals surface area contributed by atoms with E-state index in [0.29, 0.717) is 17.6 Å². The Hall–Kier alpha value is -1.91. The zero-order chi connectivity index (χ0) is 13.4. The third-order valence-electron chi connectivity index (χ3n) is 2.99. The lowest BCUT2D eigenvalue weighted by molar-refractivity contribution is 0.733. The Morgan fingerprint density at radius 2 is 1.83 bits per heavy atom. The molecule has 0 atom stereocenters. The summed E-state index contributed by atoms with van der Waals surface area (Å²) in [5, 5.41) is 4.39. The summed E-state index contributed by atoms with van der Waals surface area (Å²) in [7, 11) is 0. The van der Waals surface area contributed by atoms with Crippen molar-refractivity contribution in [1.29, 1.82) is 0 Å². The molecule has 0 aliphatic carbocycles. The summed E-state index contributed by atoms with van der Waals surface area (Å²) in [6.07, 6.45) is 0. The highest BCUT2D eigenvalue weighted by Gasteiger charge is 2.13. The van der Waals surface area contributed by atoms with Crippen LogP contribution in [0, 0.1) is 20.8 Å². The summed E-state index contributed by atoms with van der Waals surface area (Å²) in [6.45, 7) is 10.0. The number of anilines is 1. The van der Waals surface area contributed by atoms with Crippen molar-refractivity contribution in [3.05, 3.63) is 28.8 Å². The van der Waals surface area contributed by atoms with Gasteiger partial charge in [-0.2, -0.15) is 5.10 Å². The quantitative estimate of drug-likeness (QED) is 0.881. The van der Waals surface area contributed by atoms with Gasteiger partial charge in [0.1, 0.15) is 0 Å². The van der Waals surface area contributed by atoms with Gasteiger partial charge in [0.15, 0.2) is 0 Å². The topological polar surface area (TPSA) is 69.6 Å². The average Bonchev–Trinajstić information content (AvgIpc) is 2.56. The molecule has 0 fully saturated rings. The molecule has 18 heavy (non-hydrogen) atoms. The van der Waals surface area contributed by atoms with E-state index >= 15 is 0 Å². The summed E-state index contributed by atoms with van der Waals surface area (Å²) < 4.78 is 1.71. The van der Waals surface area contributed by atoms with Crippen LogP contribution in [-0.4, -0.2) is 19.7 Å². The highest BCUT2D eigenvalue weighted by atomic mass is 15.4. The second-order valence-corrected chi connectivity index (χ2v) is 4.89. The monoisotopic (exact) mass is 245 g/mol. The maximum absolute atomic E-state index is 5.94. The van der Waals surface area contributed by atoms with Crippen LogP contribution >= 0.6 is 0 Å². The molecular formula is C13H19N5. The maximum Gasteiger partial charge on any atom is 0.251 e. The van der Waals surface area contributed by atoms with Gasteiger partial charge in [-0.1, -0.05) is 13.8 Å². The van der Waals surface area contributed by atoms with Crippen LogP contribution in [0.25, 0.3) is 5.95 Å². The van der Waals surface area contributed by atoms with Crippen LogP contribution in [0.5, 0.6) is 0 Å². The van der Waals surface area contributed by atoms with Crippen LogP contribution in [0.1, 0.15) is 42.5 Å². The Labute approximate surface area is 107 Å². The molecule has 5 heteroatoms. The van der Waals surface area contributed by atoms with Crippen molar-refractivity contribution in [2.75, 3.05) is 5.73 Å². The second kappa shape index (κ2) is 4.40. The molecule has 0 saturated carbocycles. The molecule has 0 amide bonds. The number of nitrogen functional groups attached to an aromatic ring is 1. The molecule has 2 N–H and O–H groups in total. The predicted molar refractivity (Wildman–Crippen MR) is 71.9 cm³/mol. The van der Waals surface area contributed by atoms with Crippen molar-refractivity contribution in [2.45, 2.75) is 40.5 Å². The first kappa shape index (κ1) is 12.5. The lowest BCUT2D eigenvalue weighted by Crippen LogP contribution is -2.09. The van der Waals surface area contributed by atoms with Gasteiger partial charge in [-0.15, -0.1) is 0 Å². The van der Waals surface area contributed by atoms with Gasteiger partial charge in [-0.3, -0.25) is 0 Å². The Kier molecular flexibility index (Phi) is 3.07. The van der Waals surface area contributed by atoms with Gasteiger partial charge in [0, 0.05) is 11.4 Å². The van der Waals surface area contributed by atoms with Gasteiger partial charge < -0.3 is 5.73 Å². The number of hydrogen-bond donors (Lipinski definition) is 1. The van der Waals surface area contributed by atoms with Crippen molar-refractivity contribution in [3.8, 4) is 5.95 Å². The Bertz CT molecular complexity index is 583. The largest absolute Gasteiger partial charge is 0.396 e. The Morgan fingerprint density at radius 1 is 1.17 bits per heavy atom. The first-order valence-corrected chi connectivity index (χ1v) is 6.07. The fourth-order valence-electron chi connectivity index (χ4n) is 1.82. The predicted octanol–water partition coefficient (Wildman–Crippen LogP) is 2.29. The van der Waals surface area contributed by atoms with Crippen molar-refractivity contribution in [1.82, 2.24) is 19.7 Å². The number of aromatic nitrogens is 4. The van der Waals surface area contributed by atoms with Crippen LogP contribution in [0.3, 0.4) is 0 Å². The fraction of sp³-hybridized carbons (Fsp3) is 0.462. The molecule has 0 spiro atoms. The summed E-state index contributed by atoms with van der Waals surface area (Å²) in [6, 6.07) is 2.00. The average molecular weight is 245 g/mol.